The lowest BCUT2D eigenvalue weighted by atomic mass is 9.92. The molecule has 2 aliphatic rings. The van der Waals surface area contributed by atoms with Gasteiger partial charge in [0.25, 0.3) is 5.91 Å². The van der Waals surface area contributed by atoms with Crippen LogP contribution in [0, 0.1) is 0 Å². The van der Waals surface area contributed by atoms with Crippen molar-refractivity contribution >= 4 is 23.6 Å². The molecule has 2 aliphatic heterocycles. The molecule has 0 aliphatic carbocycles. The number of alkyl halides is 3. The topological polar surface area (TPSA) is 106 Å². The highest BCUT2D eigenvalue weighted by Gasteiger charge is 2.51. The first-order chi connectivity index (χ1) is 14.2. The van der Waals surface area contributed by atoms with Gasteiger partial charge in [0, 0.05) is 37.5 Å². The molecule has 4 rings (SSSR count). The van der Waals surface area contributed by atoms with Gasteiger partial charge in [0.05, 0.1) is 22.7 Å². The van der Waals surface area contributed by atoms with Gasteiger partial charge in [-0.05, 0) is 12.1 Å². The van der Waals surface area contributed by atoms with Crippen LogP contribution in [0.3, 0.4) is 0 Å². The molecule has 1 N–H and O–H groups in total. The minimum atomic E-state index is -5.08. The van der Waals surface area contributed by atoms with Gasteiger partial charge >= 0.3 is 12.1 Å². The van der Waals surface area contributed by atoms with E-state index in [1.54, 1.807) is 18.5 Å². The molecule has 2 fully saturated rings. The van der Waals surface area contributed by atoms with Crippen LogP contribution >= 0.6 is 11.8 Å². The van der Waals surface area contributed by atoms with Gasteiger partial charge in [-0.15, -0.1) is 11.8 Å². The van der Waals surface area contributed by atoms with Crippen LogP contribution in [-0.4, -0.2) is 72.9 Å². The fourth-order valence-electron chi connectivity index (χ4n) is 3.08. The lowest BCUT2D eigenvalue weighted by Gasteiger charge is -2.47. The Hall–Kier alpha value is -2.89. The summed E-state index contributed by atoms with van der Waals surface area (Å²) in [6.45, 7) is 1.53. The molecule has 2 saturated heterocycles. The van der Waals surface area contributed by atoms with Crippen LogP contribution in [0.15, 0.2) is 42.9 Å². The van der Waals surface area contributed by atoms with E-state index in [9.17, 15) is 18.0 Å². The summed E-state index contributed by atoms with van der Waals surface area (Å²) in [4.78, 5) is 27.3. The number of thioether (sulfide) groups is 1. The molecule has 2 aromatic heterocycles. The molecule has 30 heavy (non-hydrogen) atoms. The zero-order valence-electron chi connectivity index (χ0n) is 15.5. The molecule has 1 amide bonds. The number of aliphatic carboxylic acids is 1. The SMILES string of the molecule is O=C(O)C(F)(F)F.O=C(c1ccnnc1)N1CC2(CC(Oc3ccccn3)CS2)C1. The van der Waals surface area contributed by atoms with Gasteiger partial charge in [-0.3, -0.25) is 4.79 Å². The minimum Gasteiger partial charge on any atom is -0.475 e. The largest absolute Gasteiger partial charge is 0.490 e. The van der Waals surface area contributed by atoms with Crippen LogP contribution in [0.4, 0.5) is 13.2 Å². The Morgan fingerprint density at radius 1 is 1.20 bits per heavy atom. The molecule has 12 heteroatoms. The minimum absolute atomic E-state index is 0.0280. The van der Waals surface area contributed by atoms with Gasteiger partial charge in [0.1, 0.15) is 6.10 Å². The fraction of sp³-hybridized carbons (Fsp3) is 0.389. The maximum atomic E-state index is 12.3. The number of hydrogen-bond donors (Lipinski definition) is 1. The molecule has 2 aromatic rings. The third kappa shape index (κ3) is 5.38. The predicted octanol–water partition coefficient (Wildman–Crippen LogP) is 2.28. The Kier molecular flexibility index (Phi) is 6.44. The fourth-order valence-corrected chi connectivity index (χ4v) is 4.60. The molecule has 0 radical (unpaired) electrons. The number of carbonyl (C=O) groups excluding carboxylic acids is 1. The van der Waals surface area contributed by atoms with Gasteiger partial charge in [-0.25, -0.2) is 9.78 Å². The van der Waals surface area contributed by atoms with Gasteiger partial charge in [-0.1, -0.05) is 6.07 Å². The number of amides is 1. The predicted molar refractivity (Wildman–Crippen MR) is 100 cm³/mol. The average molecular weight is 442 g/mol. The Labute approximate surface area is 173 Å². The van der Waals surface area contributed by atoms with Crippen LogP contribution < -0.4 is 4.74 Å². The first-order valence-corrected chi connectivity index (χ1v) is 9.75. The summed E-state index contributed by atoms with van der Waals surface area (Å²) in [6, 6.07) is 7.38. The molecular weight excluding hydrogens is 425 g/mol. The average Bonchev–Trinajstić information content (AvgIpc) is 3.12. The van der Waals surface area contributed by atoms with Crippen molar-refractivity contribution < 1.29 is 32.6 Å². The zero-order valence-corrected chi connectivity index (χ0v) is 16.3. The van der Waals surface area contributed by atoms with Crippen molar-refractivity contribution in [2.45, 2.75) is 23.4 Å². The molecule has 8 nitrogen and oxygen atoms in total. The quantitative estimate of drug-likeness (QED) is 0.772. The van der Waals surface area contributed by atoms with Gasteiger partial charge in [0.15, 0.2) is 0 Å². The second-order valence-electron chi connectivity index (χ2n) is 6.70. The van der Waals surface area contributed by atoms with Crippen molar-refractivity contribution in [1.29, 1.82) is 0 Å². The van der Waals surface area contributed by atoms with E-state index in [0.717, 1.165) is 25.3 Å². The van der Waals surface area contributed by atoms with Crippen molar-refractivity contribution in [2.24, 2.45) is 0 Å². The molecular formula is C18H17F3N4O4S. The summed E-state index contributed by atoms with van der Waals surface area (Å²) in [6.07, 6.45) is 0.827. The molecule has 0 aromatic carbocycles. The van der Waals surface area contributed by atoms with Crippen LogP contribution in [0.1, 0.15) is 16.8 Å². The van der Waals surface area contributed by atoms with E-state index in [0.29, 0.717) is 11.4 Å². The molecule has 1 spiro atoms. The summed E-state index contributed by atoms with van der Waals surface area (Å²) in [7, 11) is 0. The van der Waals surface area contributed by atoms with Crippen LogP contribution in [0.5, 0.6) is 5.88 Å². The smallest absolute Gasteiger partial charge is 0.475 e. The lowest BCUT2D eigenvalue weighted by molar-refractivity contribution is -0.192. The number of pyridine rings is 1. The van der Waals surface area contributed by atoms with Crippen molar-refractivity contribution in [1.82, 2.24) is 20.1 Å². The maximum absolute atomic E-state index is 12.3. The third-order valence-corrected chi connectivity index (χ3v) is 5.99. The van der Waals surface area contributed by atoms with E-state index in [1.807, 2.05) is 34.9 Å². The van der Waals surface area contributed by atoms with E-state index in [1.165, 1.54) is 6.20 Å². The van der Waals surface area contributed by atoms with E-state index < -0.39 is 12.1 Å². The molecule has 160 valence electrons. The first-order valence-electron chi connectivity index (χ1n) is 8.76. The number of likely N-dealkylation sites (tertiary alicyclic amines) is 1. The second kappa shape index (κ2) is 8.86. The first kappa shape index (κ1) is 21.8. The number of nitrogens with zero attached hydrogens (tertiary/aromatic N) is 4. The standard InChI is InChI=1S/C16H16N4O2S.C2HF3O2/c21-15(12-4-6-18-19-8-12)20-10-16(11-20)7-13(9-23-16)22-14-3-1-2-5-17-14;3-2(4,5)1(6)7/h1-6,8,13H,7,9-11H2;(H,6,7). The molecule has 4 heterocycles. The summed E-state index contributed by atoms with van der Waals surface area (Å²) in [5.74, 6) is -1.12. The van der Waals surface area contributed by atoms with Crippen molar-refractivity contribution in [2.75, 3.05) is 18.8 Å². The van der Waals surface area contributed by atoms with Gasteiger partial charge in [0.2, 0.25) is 5.88 Å². The van der Waals surface area contributed by atoms with Crippen LogP contribution in [0.2, 0.25) is 0 Å². The number of carboxylic acids is 1. The third-order valence-electron chi connectivity index (χ3n) is 4.42. The molecule has 0 bridgehead atoms. The Morgan fingerprint density at radius 2 is 1.93 bits per heavy atom. The molecule has 1 atom stereocenters. The Morgan fingerprint density at radius 3 is 2.50 bits per heavy atom. The summed E-state index contributed by atoms with van der Waals surface area (Å²) in [5.41, 5.74) is 0.596. The maximum Gasteiger partial charge on any atom is 0.490 e. The van der Waals surface area contributed by atoms with Gasteiger partial charge < -0.3 is 14.7 Å². The van der Waals surface area contributed by atoms with Crippen molar-refractivity contribution in [3.63, 3.8) is 0 Å². The highest BCUT2D eigenvalue weighted by molar-refractivity contribution is 8.01. The highest BCUT2D eigenvalue weighted by Crippen LogP contribution is 2.46. The Balaban J connectivity index is 0.000000318. The summed E-state index contributed by atoms with van der Waals surface area (Å²) >= 11 is 1.90. The number of aromatic nitrogens is 3. The lowest BCUT2D eigenvalue weighted by Crippen LogP contribution is -2.60. The number of halogens is 3. The number of rotatable bonds is 3. The monoisotopic (exact) mass is 442 g/mol. The second-order valence-corrected chi connectivity index (χ2v) is 8.19. The van der Waals surface area contributed by atoms with E-state index >= 15 is 0 Å². The Bertz CT molecular complexity index is 880. The zero-order chi connectivity index (χ0) is 21.8. The van der Waals surface area contributed by atoms with Crippen molar-refractivity contribution in [3.05, 3.63) is 48.4 Å². The molecule has 1 unspecified atom stereocenters. The van der Waals surface area contributed by atoms with Crippen molar-refractivity contribution in [3.8, 4) is 5.88 Å². The summed E-state index contributed by atoms with van der Waals surface area (Å²) < 4.78 is 37.8. The number of carboxylic acid groups (broad SMARTS) is 1. The molecule has 0 saturated carbocycles. The van der Waals surface area contributed by atoms with E-state index in [-0.39, 0.29) is 16.8 Å². The van der Waals surface area contributed by atoms with E-state index in [4.69, 9.17) is 14.6 Å². The normalized spacial score (nSPS) is 19.4. The number of carbonyl (C=O) groups is 2. The highest BCUT2D eigenvalue weighted by atomic mass is 32.2. The van der Waals surface area contributed by atoms with Crippen LogP contribution in [-0.2, 0) is 4.79 Å². The number of hydrogen-bond acceptors (Lipinski definition) is 7. The summed E-state index contributed by atoms with van der Waals surface area (Å²) in [5, 5.41) is 14.6. The van der Waals surface area contributed by atoms with Gasteiger partial charge in [-0.2, -0.15) is 23.4 Å². The van der Waals surface area contributed by atoms with Crippen LogP contribution in [0.25, 0.3) is 0 Å². The van der Waals surface area contributed by atoms with E-state index in [2.05, 4.69) is 15.2 Å². The number of ether oxygens (including phenoxy) is 1.